The molecular weight excluding hydrogens is 598 g/mol. The lowest BCUT2D eigenvalue weighted by atomic mass is 10.0. The van der Waals surface area contributed by atoms with Crippen molar-refractivity contribution in [3.05, 3.63) is 35.9 Å². The molecule has 2 heterocycles. The van der Waals surface area contributed by atoms with Crippen molar-refractivity contribution < 1.29 is 28.8 Å². The van der Waals surface area contributed by atoms with Crippen LogP contribution in [0.3, 0.4) is 0 Å². The predicted molar refractivity (Wildman–Crippen MR) is 171 cm³/mol. The Bertz CT molecular complexity index is 1220. The molecule has 2 fully saturated rings. The van der Waals surface area contributed by atoms with Crippen molar-refractivity contribution in [2.45, 2.75) is 82.6 Å². The molecule has 0 spiro atoms. The minimum absolute atomic E-state index is 0.148. The van der Waals surface area contributed by atoms with Gasteiger partial charge < -0.3 is 37.2 Å². The van der Waals surface area contributed by atoms with E-state index in [2.05, 4.69) is 16.0 Å². The van der Waals surface area contributed by atoms with Crippen LogP contribution in [0.1, 0.15) is 51.5 Å². The van der Waals surface area contributed by atoms with Crippen LogP contribution in [0.15, 0.2) is 30.3 Å². The van der Waals surface area contributed by atoms with Crippen LogP contribution in [-0.2, 0) is 35.2 Å². The van der Waals surface area contributed by atoms with Gasteiger partial charge in [0.05, 0.1) is 6.54 Å². The molecule has 2 saturated heterocycles. The molecule has 2 aliphatic heterocycles. The Balaban J connectivity index is 1.76. The second-order valence-corrected chi connectivity index (χ2v) is 12.9. The number of nitrogens with two attached hydrogens (primary N) is 2. The van der Waals surface area contributed by atoms with Gasteiger partial charge in [0.2, 0.25) is 35.4 Å². The Kier molecular flexibility index (Phi) is 13.7. The first-order chi connectivity index (χ1) is 21.5. The summed E-state index contributed by atoms with van der Waals surface area (Å²) in [6, 6.07) is 4.72. The monoisotopic (exact) mass is 645 g/mol. The number of nitrogens with one attached hydrogen (secondary N) is 3. The van der Waals surface area contributed by atoms with Crippen molar-refractivity contribution in [3.63, 3.8) is 0 Å². The lowest BCUT2D eigenvalue weighted by Crippen LogP contribution is -2.59. The van der Waals surface area contributed by atoms with Gasteiger partial charge in [-0.1, -0.05) is 44.2 Å². The summed E-state index contributed by atoms with van der Waals surface area (Å²) in [6.45, 7) is 4.14. The van der Waals surface area contributed by atoms with E-state index in [9.17, 15) is 28.8 Å². The van der Waals surface area contributed by atoms with Crippen molar-refractivity contribution in [2.24, 2.45) is 17.4 Å². The zero-order valence-electron chi connectivity index (χ0n) is 26.3. The fraction of sp³-hybridized carbons (Fsp3) is 0.613. The largest absolute Gasteiger partial charge is 0.368 e. The maximum absolute atomic E-state index is 13.7. The number of hydrogen-bond acceptors (Lipinski definition) is 8. The van der Waals surface area contributed by atoms with Crippen molar-refractivity contribution in [2.75, 3.05) is 31.6 Å². The number of amides is 6. The molecule has 6 amide bonds. The molecule has 5 unspecified atom stereocenters. The number of hydrogen-bond donors (Lipinski definition) is 5. The van der Waals surface area contributed by atoms with Crippen molar-refractivity contribution in [3.8, 4) is 0 Å². The summed E-state index contributed by atoms with van der Waals surface area (Å²) in [5.74, 6) is -2.58. The first-order valence-electron chi connectivity index (χ1n) is 15.5. The van der Waals surface area contributed by atoms with Gasteiger partial charge in [-0.3, -0.25) is 28.8 Å². The highest BCUT2D eigenvalue weighted by molar-refractivity contribution is 7.98. The van der Waals surface area contributed by atoms with Gasteiger partial charge in [-0.05, 0) is 55.6 Å². The molecule has 1 aromatic carbocycles. The van der Waals surface area contributed by atoms with E-state index in [1.165, 1.54) is 21.6 Å². The smallest absolute Gasteiger partial charge is 0.246 e. The van der Waals surface area contributed by atoms with Crippen molar-refractivity contribution in [1.82, 2.24) is 25.8 Å². The molecule has 5 atom stereocenters. The Morgan fingerprint density at radius 2 is 1.51 bits per heavy atom. The molecule has 13 nitrogen and oxygen atoms in total. The summed E-state index contributed by atoms with van der Waals surface area (Å²) >= 11 is 1.50. The molecule has 7 N–H and O–H groups in total. The number of nitrogens with zero attached hydrogens (tertiary/aromatic N) is 2. The highest BCUT2D eigenvalue weighted by atomic mass is 32.2. The van der Waals surface area contributed by atoms with Crippen LogP contribution < -0.4 is 27.4 Å². The third kappa shape index (κ3) is 9.67. The van der Waals surface area contributed by atoms with E-state index < -0.39 is 53.8 Å². The predicted octanol–water partition coefficient (Wildman–Crippen LogP) is -0.481. The average molecular weight is 646 g/mol. The molecule has 0 aromatic heterocycles. The molecule has 45 heavy (non-hydrogen) atoms. The van der Waals surface area contributed by atoms with E-state index in [0.717, 1.165) is 5.56 Å². The summed E-state index contributed by atoms with van der Waals surface area (Å²) < 4.78 is 0. The zero-order valence-corrected chi connectivity index (χ0v) is 27.1. The third-order valence-corrected chi connectivity index (χ3v) is 8.95. The lowest BCUT2D eigenvalue weighted by Gasteiger charge is -2.31. The molecule has 0 aliphatic carbocycles. The van der Waals surface area contributed by atoms with Gasteiger partial charge in [-0.2, -0.15) is 11.8 Å². The topological polar surface area (TPSA) is 197 Å². The number of benzene rings is 1. The zero-order chi connectivity index (χ0) is 33.1. The first-order valence-corrected chi connectivity index (χ1v) is 16.9. The SMILES string of the molecule is CSCCC(NC(=O)C1CCCN1C(=O)C1CCCN1C(=O)CN)C(=O)NC(Cc1ccccc1)C(=O)NC(C(N)=O)C(C)C. The summed E-state index contributed by atoms with van der Waals surface area (Å²) in [5.41, 5.74) is 11.9. The lowest BCUT2D eigenvalue weighted by molar-refractivity contribution is -0.146. The quantitative estimate of drug-likeness (QED) is 0.169. The van der Waals surface area contributed by atoms with Crippen molar-refractivity contribution in [1.29, 1.82) is 0 Å². The molecule has 0 bridgehead atoms. The first kappa shape index (κ1) is 35.8. The summed E-state index contributed by atoms with van der Waals surface area (Å²) in [7, 11) is 0. The van der Waals surface area contributed by atoms with Crippen LogP contribution in [0.25, 0.3) is 0 Å². The Morgan fingerprint density at radius 1 is 0.889 bits per heavy atom. The van der Waals surface area contributed by atoms with Crippen LogP contribution in [0.5, 0.6) is 0 Å². The fourth-order valence-electron chi connectivity index (χ4n) is 5.86. The maximum atomic E-state index is 13.7. The van der Waals surface area contributed by atoms with E-state index in [4.69, 9.17) is 11.5 Å². The molecule has 248 valence electrons. The summed E-state index contributed by atoms with van der Waals surface area (Å²) in [5, 5.41) is 8.30. The second kappa shape index (κ2) is 17.2. The molecule has 0 radical (unpaired) electrons. The molecular formula is C31H47N7O6S. The molecule has 14 heteroatoms. The average Bonchev–Trinajstić information content (AvgIpc) is 3.71. The van der Waals surface area contributed by atoms with Crippen LogP contribution in [-0.4, -0.2) is 107 Å². The van der Waals surface area contributed by atoms with Crippen LogP contribution in [0.2, 0.25) is 0 Å². The maximum Gasteiger partial charge on any atom is 0.246 e. The number of thioether (sulfide) groups is 1. The number of rotatable bonds is 15. The van der Waals surface area contributed by atoms with Crippen LogP contribution in [0.4, 0.5) is 0 Å². The van der Waals surface area contributed by atoms with E-state index in [1.54, 1.807) is 13.8 Å². The van der Waals surface area contributed by atoms with Gasteiger partial charge in [-0.15, -0.1) is 0 Å². The highest BCUT2D eigenvalue weighted by Crippen LogP contribution is 2.25. The van der Waals surface area contributed by atoms with E-state index in [1.807, 2.05) is 36.6 Å². The molecule has 3 rings (SSSR count). The van der Waals surface area contributed by atoms with Gasteiger partial charge in [-0.25, -0.2) is 0 Å². The van der Waals surface area contributed by atoms with Gasteiger partial charge in [0.1, 0.15) is 30.2 Å². The van der Waals surface area contributed by atoms with Gasteiger partial charge in [0.25, 0.3) is 0 Å². The fourth-order valence-corrected chi connectivity index (χ4v) is 6.33. The number of primary amides is 1. The second-order valence-electron chi connectivity index (χ2n) is 11.9. The van der Waals surface area contributed by atoms with E-state index in [-0.39, 0.29) is 37.1 Å². The minimum atomic E-state index is -1.05. The third-order valence-electron chi connectivity index (χ3n) is 8.30. The minimum Gasteiger partial charge on any atom is -0.368 e. The molecule has 1 aromatic rings. The highest BCUT2D eigenvalue weighted by Gasteiger charge is 2.42. The number of carbonyl (C=O) groups excluding carboxylic acids is 6. The summed E-state index contributed by atoms with van der Waals surface area (Å²) in [6.07, 6.45) is 4.54. The Hall–Kier alpha value is -3.65. The standard InChI is InChI=1S/C31H47N7O6S/c1-19(2)26(27(33)40)36-29(42)22(17-20-9-5-4-6-10-20)35-28(41)21(13-16-45-3)34-30(43)23-11-7-15-38(23)31(44)24-12-8-14-37(24)25(39)18-32/h4-6,9-10,19,21-24,26H,7-8,11-18,32H2,1-3H3,(H2,33,40)(H,34,43)(H,35,41)(H,36,42). The normalized spacial score (nSPS) is 19.9. The Labute approximate surface area is 268 Å². The van der Waals surface area contributed by atoms with Gasteiger partial charge >= 0.3 is 0 Å². The van der Waals surface area contributed by atoms with E-state index >= 15 is 0 Å². The van der Waals surface area contributed by atoms with E-state index in [0.29, 0.717) is 44.5 Å². The number of likely N-dealkylation sites (tertiary alicyclic amines) is 2. The van der Waals surface area contributed by atoms with Crippen LogP contribution in [0, 0.1) is 5.92 Å². The van der Waals surface area contributed by atoms with Crippen molar-refractivity contribution >= 4 is 47.2 Å². The van der Waals surface area contributed by atoms with Gasteiger partial charge in [0, 0.05) is 19.5 Å². The van der Waals surface area contributed by atoms with Crippen LogP contribution >= 0.6 is 11.8 Å². The summed E-state index contributed by atoms with van der Waals surface area (Å²) in [4.78, 5) is 81.5. The van der Waals surface area contributed by atoms with Gasteiger partial charge in [0.15, 0.2) is 0 Å². The Morgan fingerprint density at radius 3 is 2.11 bits per heavy atom. The molecule has 2 aliphatic rings. The molecule has 0 saturated carbocycles. The number of carbonyl (C=O) groups is 6.